The Bertz CT molecular complexity index is 1400. The van der Waals surface area contributed by atoms with E-state index in [-0.39, 0.29) is 37.2 Å². The van der Waals surface area contributed by atoms with Crippen LogP contribution in [0.5, 0.6) is 0 Å². The Morgan fingerprint density at radius 1 is 1.09 bits per heavy atom. The quantitative estimate of drug-likeness (QED) is 0.107. The first-order chi connectivity index (χ1) is 20.5. The molecule has 0 aliphatic rings. The minimum Gasteiger partial charge on any atom is -0.464 e. The van der Waals surface area contributed by atoms with Crippen LogP contribution >= 0.6 is 7.44 Å². The number of nitrogens with two attached hydrogens (primary N) is 1. The number of imidazole rings is 1. The maximum absolute atomic E-state index is 14.1. The molecular weight excluding hydrogens is 573 g/mol. The first-order valence-electron chi connectivity index (χ1n) is 14.6. The van der Waals surface area contributed by atoms with Gasteiger partial charge in [-0.1, -0.05) is 45.4 Å². The summed E-state index contributed by atoms with van der Waals surface area (Å²) >= 11 is 0. The highest BCUT2D eigenvalue weighted by Crippen LogP contribution is 2.37. The van der Waals surface area contributed by atoms with Crippen molar-refractivity contribution in [3.05, 3.63) is 48.0 Å². The van der Waals surface area contributed by atoms with Crippen molar-refractivity contribution in [3.63, 3.8) is 0 Å². The molecule has 2 heterocycles. The maximum Gasteiger partial charge on any atom is 0.338 e. The van der Waals surface area contributed by atoms with Crippen molar-refractivity contribution in [2.45, 2.75) is 72.6 Å². The molecule has 3 aromatic rings. The Kier molecular flexibility index (Phi) is 13.1. The molecule has 0 aliphatic heterocycles. The number of fused-ring (bicyclic) bond motifs is 1. The van der Waals surface area contributed by atoms with Crippen LogP contribution in [0.3, 0.4) is 0 Å². The largest absolute Gasteiger partial charge is 0.464 e. The summed E-state index contributed by atoms with van der Waals surface area (Å²) in [7, 11) is -3.48. The van der Waals surface area contributed by atoms with Gasteiger partial charge in [-0.25, -0.2) is 24.8 Å². The van der Waals surface area contributed by atoms with E-state index in [2.05, 4.69) is 25.1 Å². The van der Waals surface area contributed by atoms with E-state index >= 15 is 0 Å². The number of anilines is 1. The zero-order valence-electron chi connectivity index (χ0n) is 25.6. The number of unbranched alkanes of at least 4 members (excludes halogenated alkanes) is 1. The lowest BCUT2D eigenvalue weighted by Gasteiger charge is -2.26. The molecule has 0 unspecified atom stereocenters. The van der Waals surface area contributed by atoms with Crippen molar-refractivity contribution >= 4 is 36.4 Å². The zero-order valence-corrected chi connectivity index (χ0v) is 26.5. The van der Waals surface area contributed by atoms with E-state index in [4.69, 9.17) is 19.9 Å². The molecule has 0 fully saturated rings. The minimum absolute atomic E-state index is 0.166. The molecule has 2 aromatic heterocycles. The Morgan fingerprint density at radius 2 is 1.86 bits per heavy atom. The first-order valence-corrected chi connectivity index (χ1v) is 16.5. The SMILES string of the molecule is CCCCOC(=O)c1ccccc1CCN[P@@](=O)(CO[C@H](C)Cn1cnc2c(N)ncnc21)N[C@@H](C)C(=O)OCC(C)C. The number of nitrogens with one attached hydrogen (secondary N) is 2. The fourth-order valence-corrected chi connectivity index (χ4v) is 6.08. The standard InChI is InChI=1S/C29H44N7O6P/c1-6-7-14-40-29(38)24-11-9-8-10-23(24)12-13-34-43(39,35-22(5)28(37)41-16-20(2)3)19-42-21(4)15-36-18-33-25-26(30)31-17-32-27(25)36/h8-11,17-18,20-22H,6-7,12-16,19H2,1-5H3,(H2,30,31,32)(H2,34,35,39)/t21-,22+,43+/m1/s1. The average molecular weight is 618 g/mol. The number of nitrogen functional groups attached to an aromatic ring is 1. The van der Waals surface area contributed by atoms with Gasteiger partial charge in [0.25, 0.3) is 0 Å². The summed E-state index contributed by atoms with van der Waals surface area (Å²) in [6, 6.07) is 6.33. The van der Waals surface area contributed by atoms with Crippen molar-refractivity contribution in [1.29, 1.82) is 0 Å². The van der Waals surface area contributed by atoms with Crippen molar-refractivity contribution in [3.8, 4) is 0 Å². The van der Waals surface area contributed by atoms with Gasteiger partial charge in [0.05, 0.1) is 37.8 Å². The number of hydrogen-bond donors (Lipinski definition) is 3. The Labute approximate surface area is 252 Å². The number of nitrogens with zero attached hydrogens (tertiary/aromatic N) is 4. The average Bonchev–Trinajstić information content (AvgIpc) is 3.39. The molecule has 0 saturated carbocycles. The summed E-state index contributed by atoms with van der Waals surface area (Å²) in [6.45, 7) is 10.6. The summed E-state index contributed by atoms with van der Waals surface area (Å²) in [5.74, 6) is -0.447. The smallest absolute Gasteiger partial charge is 0.338 e. The van der Waals surface area contributed by atoms with Gasteiger partial charge in [-0.05, 0) is 44.2 Å². The fraction of sp³-hybridized carbons (Fsp3) is 0.552. The summed E-state index contributed by atoms with van der Waals surface area (Å²) in [4.78, 5) is 37.7. The predicted molar refractivity (Wildman–Crippen MR) is 164 cm³/mol. The van der Waals surface area contributed by atoms with Gasteiger partial charge >= 0.3 is 11.9 Å². The highest BCUT2D eigenvalue weighted by atomic mass is 31.2. The van der Waals surface area contributed by atoms with Gasteiger partial charge in [-0.2, -0.15) is 0 Å². The number of benzene rings is 1. The number of carbonyl (C=O) groups is 2. The Balaban J connectivity index is 1.68. The van der Waals surface area contributed by atoms with Crippen molar-refractivity contribution < 1.29 is 28.4 Å². The van der Waals surface area contributed by atoms with Gasteiger partial charge in [-0.15, -0.1) is 0 Å². The van der Waals surface area contributed by atoms with Gasteiger partial charge in [-0.3, -0.25) is 14.4 Å². The molecule has 4 N–H and O–H groups in total. The van der Waals surface area contributed by atoms with E-state index in [0.717, 1.165) is 18.4 Å². The van der Waals surface area contributed by atoms with Crippen LogP contribution in [0.2, 0.25) is 0 Å². The lowest BCUT2D eigenvalue weighted by atomic mass is 10.0. The van der Waals surface area contributed by atoms with Crippen LogP contribution in [0.1, 0.15) is 63.4 Å². The fourth-order valence-electron chi connectivity index (χ4n) is 4.16. The van der Waals surface area contributed by atoms with Crippen LogP contribution in [0.15, 0.2) is 36.9 Å². The second kappa shape index (κ2) is 16.5. The van der Waals surface area contributed by atoms with E-state index in [1.165, 1.54) is 6.33 Å². The number of aromatic nitrogens is 4. The predicted octanol–water partition coefficient (Wildman–Crippen LogP) is 3.93. The second-order valence-corrected chi connectivity index (χ2v) is 13.2. The van der Waals surface area contributed by atoms with E-state index in [1.807, 2.05) is 39.8 Å². The number of carbonyl (C=O) groups excluding carboxylic acids is 2. The molecule has 3 rings (SSSR count). The number of hydrogen-bond acceptors (Lipinski definition) is 10. The molecule has 0 radical (unpaired) electrons. The monoisotopic (exact) mass is 617 g/mol. The third kappa shape index (κ3) is 10.4. The van der Waals surface area contributed by atoms with Gasteiger partial charge in [0.2, 0.25) is 7.44 Å². The molecule has 14 heteroatoms. The molecular formula is C29H44N7O6P. The topological polar surface area (TPSA) is 173 Å². The summed E-state index contributed by atoms with van der Waals surface area (Å²) < 4.78 is 32.7. The van der Waals surface area contributed by atoms with Crippen LogP contribution in [-0.4, -0.2) is 69.7 Å². The molecule has 3 atom stereocenters. The van der Waals surface area contributed by atoms with E-state index in [1.54, 1.807) is 30.0 Å². The van der Waals surface area contributed by atoms with Crippen molar-refractivity contribution in [1.82, 2.24) is 29.7 Å². The molecule has 0 spiro atoms. The Morgan fingerprint density at radius 3 is 2.60 bits per heavy atom. The van der Waals surface area contributed by atoms with Crippen LogP contribution in [-0.2, 0) is 36.5 Å². The third-order valence-electron chi connectivity index (χ3n) is 6.47. The lowest BCUT2D eigenvalue weighted by molar-refractivity contribution is -0.146. The maximum atomic E-state index is 14.1. The summed E-state index contributed by atoms with van der Waals surface area (Å²) in [5.41, 5.74) is 8.18. The molecule has 0 bridgehead atoms. The molecule has 0 aliphatic carbocycles. The first kappa shape index (κ1) is 34.1. The zero-order chi connectivity index (χ0) is 31.4. The number of esters is 2. The van der Waals surface area contributed by atoms with Crippen molar-refractivity contribution in [2.24, 2.45) is 5.92 Å². The van der Waals surface area contributed by atoms with Crippen LogP contribution in [0.4, 0.5) is 5.82 Å². The number of rotatable bonds is 18. The van der Waals surface area contributed by atoms with E-state index in [0.29, 0.717) is 36.3 Å². The summed E-state index contributed by atoms with van der Waals surface area (Å²) in [5, 5.41) is 5.99. The third-order valence-corrected chi connectivity index (χ3v) is 8.52. The molecule has 13 nitrogen and oxygen atoms in total. The highest BCUT2D eigenvalue weighted by molar-refractivity contribution is 7.59. The van der Waals surface area contributed by atoms with Gasteiger partial charge < -0.3 is 24.5 Å². The van der Waals surface area contributed by atoms with Gasteiger partial charge in [0.15, 0.2) is 11.5 Å². The normalized spacial score (nSPS) is 14.4. The van der Waals surface area contributed by atoms with E-state index < -0.39 is 25.6 Å². The molecule has 0 amide bonds. The van der Waals surface area contributed by atoms with Gasteiger partial charge in [0, 0.05) is 6.54 Å². The van der Waals surface area contributed by atoms with Crippen LogP contribution < -0.4 is 15.9 Å². The second-order valence-electron chi connectivity index (χ2n) is 10.9. The lowest BCUT2D eigenvalue weighted by Crippen LogP contribution is -2.39. The van der Waals surface area contributed by atoms with Crippen molar-refractivity contribution in [2.75, 3.05) is 31.8 Å². The van der Waals surface area contributed by atoms with Gasteiger partial charge in [0.1, 0.15) is 24.2 Å². The molecule has 1 aromatic carbocycles. The highest BCUT2D eigenvalue weighted by Gasteiger charge is 2.29. The Hall–Kier alpha value is -3.38. The van der Waals surface area contributed by atoms with Crippen LogP contribution in [0, 0.1) is 5.92 Å². The minimum atomic E-state index is -3.48. The molecule has 0 saturated heterocycles. The number of ether oxygens (including phenoxy) is 3. The summed E-state index contributed by atoms with van der Waals surface area (Å²) in [6.07, 6.45) is 4.48. The molecule has 236 valence electrons. The van der Waals surface area contributed by atoms with Crippen LogP contribution in [0.25, 0.3) is 11.2 Å². The van der Waals surface area contributed by atoms with E-state index in [9.17, 15) is 14.2 Å². The molecule has 43 heavy (non-hydrogen) atoms.